The summed E-state index contributed by atoms with van der Waals surface area (Å²) in [6.45, 7) is 0. The lowest BCUT2D eigenvalue weighted by atomic mass is 9.98. The van der Waals surface area contributed by atoms with Gasteiger partial charge in [0.25, 0.3) is 0 Å². The van der Waals surface area contributed by atoms with Gasteiger partial charge in [-0.3, -0.25) is 0 Å². The highest BCUT2D eigenvalue weighted by molar-refractivity contribution is 9.10. The molecule has 0 saturated carbocycles. The first kappa shape index (κ1) is 14.0. The summed E-state index contributed by atoms with van der Waals surface area (Å²) < 4.78 is 28.6. The maximum atomic E-state index is 14.4. The van der Waals surface area contributed by atoms with Crippen molar-refractivity contribution in [3.05, 3.63) is 82.8 Å². The molecule has 3 aromatic rings. The molecule has 3 heteroatoms. The molecule has 3 aromatic carbocycles. The molecule has 0 spiro atoms. The minimum atomic E-state index is -0.585. The van der Waals surface area contributed by atoms with Crippen LogP contribution >= 0.6 is 15.9 Å². The Kier molecular flexibility index (Phi) is 3.84. The molecule has 0 amide bonds. The van der Waals surface area contributed by atoms with Gasteiger partial charge in [-0.1, -0.05) is 60.7 Å². The zero-order valence-electron chi connectivity index (χ0n) is 11.0. The summed E-state index contributed by atoms with van der Waals surface area (Å²) >= 11 is 3.03. The smallest absolute Gasteiger partial charge is 0.148 e. The van der Waals surface area contributed by atoms with Gasteiger partial charge < -0.3 is 0 Å². The third-order valence-corrected chi connectivity index (χ3v) is 4.01. The second-order valence-electron chi connectivity index (χ2n) is 4.65. The van der Waals surface area contributed by atoms with E-state index >= 15 is 0 Å². The Hall–Kier alpha value is -2.00. The van der Waals surface area contributed by atoms with E-state index in [0.29, 0.717) is 22.3 Å². The molecular formula is C18H11BrF2. The summed E-state index contributed by atoms with van der Waals surface area (Å²) in [6.07, 6.45) is 0. The van der Waals surface area contributed by atoms with Crippen molar-refractivity contribution in [2.45, 2.75) is 0 Å². The molecule has 0 aromatic heterocycles. The highest BCUT2D eigenvalue weighted by Crippen LogP contribution is 2.36. The molecule has 0 unspecified atom stereocenters. The molecule has 104 valence electrons. The first-order chi connectivity index (χ1) is 10.2. The molecule has 0 fully saturated rings. The highest BCUT2D eigenvalue weighted by atomic mass is 79.9. The Bertz CT molecular complexity index is 704. The fourth-order valence-corrected chi connectivity index (χ4v) is 2.69. The lowest BCUT2D eigenvalue weighted by Gasteiger charge is -2.11. The molecule has 0 heterocycles. The Morgan fingerprint density at radius 2 is 1.00 bits per heavy atom. The summed E-state index contributed by atoms with van der Waals surface area (Å²) in [6, 6.07) is 19.8. The van der Waals surface area contributed by atoms with Gasteiger partial charge in [-0.05, 0) is 33.1 Å². The van der Waals surface area contributed by atoms with Gasteiger partial charge in [0.05, 0.1) is 4.47 Å². The van der Waals surface area contributed by atoms with Gasteiger partial charge in [-0.25, -0.2) is 8.78 Å². The van der Waals surface area contributed by atoms with Crippen molar-refractivity contribution in [2.75, 3.05) is 0 Å². The SMILES string of the molecule is Fc1c(-c2ccccc2)cc(-c2ccccc2)c(F)c1Br. The molecule has 0 nitrogen and oxygen atoms in total. The van der Waals surface area contributed by atoms with E-state index in [4.69, 9.17) is 0 Å². The Balaban J connectivity index is 2.26. The minimum Gasteiger partial charge on any atom is -0.205 e. The van der Waals surface area contributed by atoms with Crippen molar-refractivity contribution >= 4 is 15.9 Å². The molecule has 0 bridgehead atoms. The summed E-state index contributed by atoms with van der Waals surface area (Å²) in [4.78, 5) is 0. The minimum absolute atomic E-state index is 0.136. The van der Waals surface area contributed by atoms with E-state index < -0.39 is 11.6 Å². The molecule has 0 radical (unpaired) electrons. The molecule has 0 aliphatic carbocycles. The van der Waals surface area contributed by atoms with Crippen molar-refractivity contribution in [1.29, 1.82) is 0 Å². The van der Waals surface area contributed by atoms with Crippen molar-refractivity contribution in [3.8, 4) is 22.3 Å². The average Bonchev–Trinajstić information content (AvgIpc) is 2.55. The molecule has 0 saturated heterocycles. The predicted molar refractivity (Wildman–Crippen MR) is 84.9 cm³/mol. The maximum Gasteiger partial charge on any atom is 0.148 e. The van der Waals surface area contributed by atoms with Crippen LogP contribution in [0.5, 0.6) is 0 Å². The Morgan fingerprint density at radius 1 is 0.619 bits per heavy atom. The van der Waals surface area contributed by atoms with Crippen LogP contribution in [-0.2, 0) is 0 Å². The van der Waals surface area contributed by atoms with Crippen LogP contribution < -0.4 is 0 Å². The van der Waals surface area contributed by atoms with Crippen LogP contribution in [0.4, 0.5) is 8.78 Å². The highest BCUT2D eigenvalue weighted by Gasteiger charge is 2.18. The monoisotopic (exact) mass is 344 g/mol. The van der Waals surface area contributed by atoms with Crippen molar-refractivity contribution in [3.63, 3.8) is 0 Å². The molecule has 0 aliphatic heterocycles. The van der Waals surface area contributed by atoms with Crippen LogP contribution in [0.1, 0.15) is 0 Å². The van der Waals surface area contributed by atoms with E-state index in [1.165, 1.54) is 0 Å². The van der Waals surface area contributed by atoms with E-state index in [2.05, 4.69) is 15.9 Å². The van der Waals surface area contributed by atoms with Crippen molar-refractivity contribution in [1.82, 2.24) is 0 Å². The molecule has 3 rings (SSSR count). The molecule has 0 N–H and O–H groups in total. The number of benzene rings is 3. The molecular weight excluding hydrogens is 334 g/mol. The maximum absolute atomic E-state index is 14.4. The van der Waals surface area contributed by atoms with Gasteiger partial charge in [-0.2, -0.15) is 0 Å². The predicted octanol–water partition coefficient (Wildman–Crippen LogP) is 6.06. The zero-order valence-corrected chi connectivity index (χ0v) is 12.6. The van der Waals surface area contributed by atoms with E-state index in [-0.39, 0.29) is 4.47 Å². The number of halogens is 3. The first-order valence-electron chi connectivity index (χ1n) is 6.47. The number of rotatable bonds is 2. The van der Waals surface area contributed by atoms with Gasteiger partial charge in [0.2, 0.25) is 0 Å². The summed E-state index contributed by atoms with van der Waals surface area (Å²) in [5, 5.41) is 0. The van der Waals surface area contributed by atoms with E-state index in [0.717, 1.165) is 0 Å². The largest absolute Gasteiger partial charge is 0.205 e. The van der Waals surface area contributed by atoms with Crippen LogP contribution in [0.2, 0.25) is 0 Å². The summed E-state index contributed by atoms with van der Waals surface area (Å²) in [7, 11) is 0. The second kappa shape index (κ2) is 5.78. The third kappa shape index (κ3) is 2.61. The summed E-state index contributed by atoms with van der Waals surface area (Å²) in [5.74, 6) is -1.17. The Morgan fingerprint density at radius 3 is 1.38 bits per heavy atom. The number of hydrogen-bond donors (Lipinski definition) is 0. The third-order valence-electron chi connectivity index (χ3n) is 3.32. The lowest BCUT2D eigenvalue weighted by molar-refractivity contribution is 0.576. The number of hydrogen-bond acceptors (Lipinski definition) is 0. The quantitative estimate of drug-likeness (QED) is 0.495. The van der Waals surface area contributed by atoms with Gasteiger partial charge >= 0.3 is 0 Å². The molecule has 0 aliphatic rings. The normalized spacial score (nSPS) is 10.6. The van der Waals surface area contributed by atoms with Gasteiger partial charge in [0, 0.05) is 11.1 Å². The second-order valence-corrected chi connectivity index (χ2v) is 5.44. The zero-order chi connectivity index (χ0) is 14.8. The average molecular weight is 345 g/mol. The topological polar surface area (TPSA) is 0 Å². The van der Waals surface area contributed by atoms with Crippen molar-refractivity contribution < 1.29 is 8.78 Å². The fraction of sp³-hybridized carbons (Fsp3) is 0. The van der Waals surface area contributed by atoms with Crippen LogP contribution in [0.25, 0.3) is 22.3 Å². The molecule has 21 heavy (non-hydrogen) atoms. The van der Waals surface area contributed by atoms with Gasteiger partial charge in [-0.15, -0.1) is 0 Å². The molecule has 0 atom stereocenters. The van der Waals surface area contributed by atoms with E-state index in [1.807, 2.05) is 36.4 Å². The van der Waals surface area contributed by atoms with Gasteiger partial charge in [0.1, 0.15) is 11.6 Å². The Labute approximate surface area is 130 Å². The lowest BCUT2D eigenvalue weighted by Crippen LogP contribution is -1.94. The van der Waals surface area contributed by atoms with Crippen LogP contribution in [-0.4, -0.2) is 0 Å². The van der Waals surface area contributed by atoms with E-state index in [9.17, 15) is 8.78 Å². The fourth-order valence-electron chi connectivity index (χ4n) is 2.26. The van der Waals surface area contributed by atoms with Crippen LogP contribution in [0, 0.1) is 11.6 Å². The van der Waals surface area contributed by atoms with Gasteiger partial charge in [0.15, 0.2) is 0 Å². The summed E-state index contributed by atoms with van der Waals surface area (Å²) in [5.41, 5.74) is 2.19. The van der Waals surface area contributed by atoms with E-state index in [1.54, 1.807) is 30.3 Å². The van der Waals surface area contributed by atoms with Crippen LogP contribution in [0.15, 0.2) is 71.2 Å². The van der Waals surface area contributed by atoms with Crippen LogP contribution in [0.3, 0.4) is 0 Å². The standard InChI is InChI=1S/C18H11BrF2/c19-16-17(20)14(12-7-3-1-4-8-12)11-15(18(16)21)13-9-5-2-6-10-13/h1-11H. The van der Waals surface area contributed by atoms with Crippen molar-refractivity contribution in [2.24, 2.45) is 0 Å². The first-order valence-corrected chi connectivity index (χ1v) is 7.26.